The second kappa shape index (κ2) is 22.7. The molecule has 11 nitrogen and oxygen atoms in total. The molecular weight excluding hydrogens is 654 g/mol. The predicted molar refractivity (Wildman–Crippen MR) is 210 cm³/mol. The van der Waals surface area contributed by atoms with Crippen molar-refractivity contribution < 1.29 is 19.1 Å². The van der Waals surface area contributed by atoms with Crippen molar-refractivity contribution in [3.63, 3.8) is 0 Å². The number of allylic oxidation sites excluding steroid dienone is 2. The molecule has 0 aliphatic rings. The molecule has 6 N–H and O–H groups in total. The number of ether oxygens (including phenoxy) is 1. The third-order valence-corrected chi connectivity index (χ3v) is 9.29. The summed E-state index contributed by atoms with van der Waals surface area (Å²) in [5, 5.41) is 14.8. The average Bonchev–Trinajstić information content (AvgIpc) is 3.16. The van der Waals surface area contributed by atoms with Crippen molar-refractivity contribution in [3.05, 3.63) is 120 Å². The Hall–Kier alpha value is -5.00. The van der Waals surface area contributed by atoms with Crippen molar-refractivity contribution in [2.75, 3.05) is 41.3 Å². The lowest BCUT2D eigenvalue weighted by Crippen LogP contribution is -2.51. The molecule has 3 atom stereocenters. The average molecular weight is 714 g/mol. The van der Waals surface area contributed by atoms with Crippen LogP contribution in [0.2, 0.25) is 0 Å². The van der Waals surface area contributed by atoms with Gasteiger partial charge in [-0.3, -0.25) is 15.0 Å². The molecule has 3 rings (SSSR count). The minimum Gasteiger partial charge on any atom is -0.414 e. The van der Waals surface area contributed by atoms with Gasteiger partial charge in [0.25, 0.3) is 5.91 Å². The lowest BCUT2D eigenvalue weighted by atomic mass is 9.68. The van der Waals surface area contributed by atoms with Gasteiger partial charge in [-0.25, -0.2) is 4.79 Å². The molecule has 0 fully saturated rings. The first-order chi connectivity index (χ1) is 25.0. The molecule has 3 aromatic rings. The second-order valence-corrected chi connectivity index (χ2v) is 12.9. The summed E-state index contributed by atoms with van der Waals surface area (Å²) in [5.41, 5.74) is 6.19. The fraction of sp³-hybridized carbons (Fsp3) is 0.415. The molecule has 0 heterocycles. The summed E-state index contributed by atoms with van der Waals surface area (Å²) in [6, 6.07) is 28.3. The zero-order valence-corrected chi connectivity index (χ0v) is 31.9. The molecule has 0 radical (unpaired) electrons. The first-order valence-electron chi connectivity index (χ1n) is 17.9. The van der Waals surface area contributed by atoms with Crippen molar-refractivity contribution in [3.8, 4) is 0 Å². The number of likely N-dealkylation sites (N-methyl/N-ethyl adjacent to an activating group) is 1. The largest absolute Gasteiger partial charge is 0.414 e. The number of hydrogen-bond acceptors (Lipinski definition) is 7. The molecule has 3 unspecified atom stereocenters. The van der Waals surface area contributed by atoms with E-state index in [2.05, 4.69) is 71.9 Å². The Bertz CT molecular complexity index is 1490. The van der Waals surface area contributed by atoms with Crippen LogP contribution in [0, 0.1) is 5.41 Å². The van der Waals surface area contributed by atoms with E-state index in [9.17, 15) is 14.4 Å². The standard InChI is InChI=1S/C40H55N5O4.CH4N2/c1-8-34(29-42-38(47)35(26-19-27-41-4)43-37(46)31-20-13-10-14-21-31)45(7)39(48)49-36(9-2)40(28-30(3)44(5)6,32-22-15-11-16-23-32)33-24-17-12-18-25-33;2-1-3/h9-18,20-25,30,34-35,41H,8,19,26-29H2,1-7H3,(H,42,47)(H,43,46);1H,(H3,2,3)/b36-9-;. The molecule has 0 aliphatic carbocycles. The normalized spacial score (nSPS) is 13.1. The molecule has 0 spiro atoms. The van der Waals surface area contributed by atoms with E-state index in [0.717, 1.165) is 17.5 Å². The van der Waals surface area contributed by atoms with Gasteiger partial charge in [0.15, 0.2) is 0 Å². The summed E-state index contributed by atoms with van der Waals surface area (Å²) < 4.78 is 6.37. The Morgan fingerprint density at radius 1 is 0.923 bits per heavy atom. The van der Waals surface area contributed by atoms with Crippen LogP contribution in [-0.2, 0) is 14.9 Å². The Kier molecular flexibility index (Phi) is 18.9. The number of benzene rings is 3. The lowest BCUT2D eigenvalue weighted by molar-refractivity contribution is -0.123. The number of amides is 3. The van der Waals surface area contributed by atoms with Crippen LogP contribution in [-0.4, -0.2) is 93.5 Å². The number of nitrogens with two attached hydrogens (primary N) is 1. The summed E-state index contributed by atoms with van der Waals surface area (Å²) in [7, 11) is 7.66. The van der Waals surface area contributed by atoms with Crippen LogP contribution >= 0.6 is 0 Å². The first kappa shape index (κ1) is 43.2. The number of carbonyl (C=O) groups is 3. The monoisotopic (exact) mass is 713 g/mol. The Balaban J connectivity index is 0.00000301. The van der Waals surface area contributed by atoms with E-state index in [1.807, 2.05) is 69.4 Å². The van der Waals surface area contributed by atoms with E-state index >= 15 is 0 Å². The maximum atomic E-state index is 14.0. The number of nitrogens with one attached hydrogen (secondary N) is 4. The number of nitrogens with zero attached hydrogens (tertiary/aromatic N) is 2. The Morgan fingerprint density at radius 2 is 1.44 bits per heavy atom. The van der Waals surface area contributed by atoms with Gasteiger partial charge >= 0.3 is 6.09 Å². The summed E-state index contributed by atoms with van der Waals surface area (Å²) >= 11 is 0. The molecule has 3 amide bonds. The topological polar surface area (TPSA) is 153 Å². The minimum atomic E-state index is -0.745. The molecule has 0 bridgehead atoms. The van der Waals surface area contributed by atoms with Crippen LogP contribution in [0.4, 0.5) is 4.79 Å². The Labute approximate surface area is 310 Å². The molecule has 0 saturated carbocycles. The maximum Gasteiger partial charge on any atom is 0.414 e. The maximum absolute atomic E-state index is 14.0. The summed E-state index contributed by atoms with van der Waals surface area (Å²) in [4.78, 5) is 44.1. The van der Waals surface area contributed by atoms with E-state index < -0.39 is 17.6 Å². The highest BCUT2D eigenvalue weighted by molar-refractivity contribution is 5.97. The zero-order chi connectivity index (χ0) is 38.5. The van der Waals surface area contributed by atoms with Gasteiger partial charge in [-0.15, -0.1) is 0 Å². The molecule has 0 aromatic heterocycles. The fourth-order valence-electron chi connectivity index (χ4n) is 6.05. The minimum absolute atomic E-state index is 0.147. The highest BCUT2D eigenvalue weighted by Gasteiger charge is 2.42. The molecular formula is C41H59N7O4. The third kappa shape index (κ3) is 12.3. The number of hydrogen-bond donors (Lipinski definition) is 5. The van der Waals surface area contributed by atoms with E-state index in [1.54, 1.807) is 36.2 Å². The van der Waals surface area contributed by atoms with Gasteiger partial charge in [-0.2, -0.15) is 0 Å². The molecule has 52 heavy (non-hydrogen) atoms. The zero-order valence-electron chi connectivity index (χ0n) is 31.9. The van der Waals surface area contributed by atoms with E-state index in [-0.39, 0.29) is 30.4 Å². The first-order valence-corrected chi connectivity index (χ1v) is 17.9. The van der Waals surface area contributed by atoms with Crippen LogP contribution in [0.25, 0.3) is 0 Å². The quantitative estimate of drug-likeness (QED) is 0.0503. The van der Waals surface area contributed by atoms with Gasteiger partial charge in [0.2, 0.25) is 5.91 Å². The summed E-state index contributed by atoms with van der Waals surface area (Å²) in [6.45, 7) is 6.96. The van der Waals surface area contributed by atoms with Gasteiger partial charge in [0.05, 0.1) is 17.8 Å². The van der Waals surface area contributed by atoms with Crippen LogP contribution in [0.15, 0.2) is 103 Å². The van der Waals surface area contributed by atoms with Crippen molar-refractivity contribution in [1.29, 1.82) is 5.41 Å². The highest BCUT2D eigenvalue weighted by Crippen LogP contribution is 2.44. The van der Waals surface area contributed by atoms with Crippen molar-refractivity contribution >= 4 is 24.2 Å². The molecule has 3 aromatic carbocycles. The lowest BCUT2D eigenvalue weighted by Gasteiger charge is -2.40. The van der Waals surface area contributed by atoms with E-state index in [4.69, 9.17) is 10.1 Å². The molecule has 282 valence electrons. The van der Waals surface area contributed by atoms with Gasteiger partial charge in [-0.1, -0.05) is 85.8 Å². The van der Waals surface area contributed by atoms with Crippen molar-refractivity contribution in [1.82, 2.24) is 25.8 Å². The second-order valence-electron chi connectivity index (χ2n) is 12.9. The number of rotatable bonds is 18. The SMILES string of the molecule is C/C=C(\OC(=O)N(C)C(CC)CNC(=O)C(CCCNC)NC(=O)c1ccccc1)C(CC(C)N(C)C)(c1ccccc1)c1ccccc1.N=CN. The van der Waals surface area contributed by atoms with Gasteiger partial charge in [0.1, 0.15) is 11.8 Å². The predicted octanol–water partition coefficient (Wildman–Crippen LogP) is 5.53. The van der Waals surface area contributed by atoms with Crippen molar-refractivity contribution in [2.24, 2.45) is 5.73 Å². The van der Waals surface area contributed by atoms with Gasteiger partial charge in [0, 0.05) is 25.2 Å². The van der Waals surface area contributed by atoms with Crippen molar-refractivity contribution in [2.45, 2.75) is 70.0 Å². The van der Waals surface area contributed by atoms with Gasteiger partial charge < -0.3 is 36.2 Å². The van der Waals surface area contributed by atoms with Crippen LogP contribution in [0.5, 0.6) is 0 Å². The highest BCUT2D eigenvalue weighted by atomic mass is 16.6. The number of carbonyl (C=O) groups excluding carboxylic acids is 3. The Morgan fingerprint density at radius 3 is 1.90 bits per heavy atom. The van der Waals surface area contributed by atoms with Crippen LogP contribution in [0.1, 0.15) is 67.9 Å². The summed E-state index contributed by atoms with van der Waals surface area (Å²) in [5.74, 6) is -0.0529. The molecule has 0 saturated heterocycles. The third-order valence-electron chi connectivity index (χ3n) is 9.29. The molecule has 0 aliphatic heterocycles. The molecule has 11 heteroatoms. The van der Waals surface area contributed by atoms with E-state index in [1.165, 1.54) is 0 Å². The van der Waals surface area contributed by atoms with E-state index in [0.29, 0.717) is 43.6 Å². The van der Waals surface area contributed by atoms with Crippen LogP contribution < -0.4 is 21.7 Å². The van der Waals surface area contributed by atoms with Gasteiger partial charge in [-0.05, 0) is 96.6 Å². The fourth-order valence-corrected chi connectivity index (χ4v) is 6.05. The van der Waals surface area contributed by atoms with Crippen LogP contribution in [0.3, 0.4) is 0 Å². The smallest absolute Gasteiger partial charge is 0.414 e. The summed E-state index contributed by atoms with van der Waals surface area (Å²) in [6.07, 6.45) is 4.56.